The van der Waals surface area contributed by atoms with Crippen LogP contribution in [0.4, 0.5) is 9.59 Å². The predicted molar refractivity (Wildman–Crippen MR) is 86.1 cm³/mol. The van der Waals surface area contributed by atoms with Crippen molar-refractivity contribution in [2.75, 3.05) is 6.54 Å². The van der Waals surface area contributed by atoms with E-state index in [0.717, 1.165) is 10.5 Å². The number of benzene rings is 1. The summed E-state index contributed by atoms with van der Waals surface area (Å²) >= 11 is 0. The topological polar surface area (TPSA) is 84.9 Å². The summed E-state index contributed by atoms with van der Waals surface area (Å²) in [5, 5.41) is 2.60. The van der Waals surface area contributed by atoms with Gasteiger partial charge in [0.1, 0.15) is 18.2 Å². The van der Waals surface area contributed by atoms with E-state index in [1.165, 1.54) is 0 Å². The van der Waals surface area contributed by atoms with Crippen molar-refractivity contribution in [2.45, 2.75) is 45.4 Å². The highest BCUT2D eigenvalue weighted by molar-refractivity contribution is 5.96. The molecule has 0 aromatic heterocycles. The first kappa shape index (κ1) is 17.8. The SMILES string of the molecule is CC(C)(C)OC(=O)N(C(=O)OCc1ccccc1)[C@H]1CCNC1=O. The van der Waals surface area contributed by atoms with Crippen molar-refractivity contribution in [3.05, 3.63) is 35.9 Å². The Hall–Kier alpha value is -2.57. The highest BCUT2D eigenvalue weighted by Crippen LogP contribution is 2.18. The fourth-order valence-corrected chi connectivity index (χ4v) is 2.26. The van der Waals surface area contributed by atoms with E-state index in [1.54, 1.807) is 32.9 Å². The number of hydrogen-bond donors (Lipinski definition) is 1. The van der Waals surface area contributed by atoms with Crippen LogP contribution >= 0.6 is 0 Å². The van der Waals surface area contributed by atoms with Crippen LogP contribution in [0, 0.1) is 0 Å². The minimum atomic E-state index is -0.914. The number of amides is 3. The maximum absolute atomic E-state index is 12.4. The average Bonchev–Trinajstić information content (AvgIpc) is 2.91. The van der Waals surface area contributed by atoms with Crippen LogP contribution < -0.4 is 5.32 Å². The minimum absolute atomic E-state index is 0.00725. The standard InChI is InChI=1S/C17H22N2O5/c1-17(2,3)24-16(22)19(13-9-10-18-14(13)20)15(21)23-11-12-7-5-4-6-8-12/h4-8,13H,9-11H2,1-3H3,(H,18,20)/t13-/m0/s1. The van der Waals surface area contributed by atoms with E-state index in [1.807, 2.05) is 18.2 Å². The second-order valence-electron chi connectivity index (χ2n) is 6.49. The highest BCUT2D eigenvalue weighted by atomic mass is 16.6. The zero-order chi connectivity index (χ0) is 17.7. The fourth-order valence-electron chi connectivity index (χ4n) is 2.26. The Kier molecular flexibility index (Phi) is 5.43. The third kappa shape index (κ3) is 4.71. The number of carbonyl (C=O) groups is 3. The molecule has 0 radical (unpaired) electrons. The quantitative estimate of drug-likeness (QED) is 0.918. The fraction of sp³-hybridized carbons (Fsp3) is 0.471. The number of nitrogens with one attached hydrogen (secondary N) is 1. The average molecular weight is 334 g/mol. The molecule has 1 aromatic rings. The van der Waals surface area contributed by atoms with E-state index in [2.05, 4.69) is 5.32 Å². The number of nitrogens with zero attached hydrogens (tertiary/aromatic N) is 1. The molecule has 0 unspecified atom stereocenters. The Balaban J connectivity index is 2.10. The van der Waals surface area contributed by atoms with E-state index in [0.29, 0.717) is 13.0 Å². The molecule has 1 saturated heterocycles. The van der Waals surface area contributed by atoms with Crippen molar-refractivity contribution in [2.24, 2.45) is 0 Å². The van der Waals surface area contributed by atoms with Gasteiger partial charge in [0.25, 0.3) is 0 Å². The van der Waals surface area contributed by atoms with Gasteiger partial charge in [-0.15, -0.1) is 0 Å². The van der Waals surface area contributed by atoms with E-state index < -0.39 is 29.7 Å². The first-order chi connectivity index (χ1) is 11.3. The molecule has 1 aromatic carbocycles. The van der Waals surface area contributed by atoms with Crippen molar-refractivity contribution in [3.8, 4) is 0 Å². The summed E-state index contributed by atoms with van der Waals surface area (Å²) in [4.78, 5) is 37.4. The van der Waals surface area contributed by atoms with Crippen LogP contribution in [0.15, 0.2) is 30.3 Å². The molecule has 2 rings (SSSR count). The summed E-state index contributed by atoms with van der Waals surface area (Å²) in [6, 6.07) is 8.17. The third-order valence-electron chi connectivity index (χ3n) is 3.32. The molecule has 7 nitrogen and oxygen atoms in total. The minimum Gasteiger partial charge on any atom is -0.444 e. The second kappa shape index (κ2) is 7.33. The molecule has 1 atom stereocenters. The number of hydrogen-bond acceptors (Lipinski definition) is 5. The summed E-state index contributed by atoms with van der Waals surface area (Å²) in [6.07, 6.45) is -1.45. The number of ether oxygens (including phenoxy) is 2. The van der Waals surface area contributed by atoms with Gasteiger partial charge in [0.05, 0.1) is 0 Å². The lowest BCUT2D eigenvalue weighted by atomic mass is 10.2. The number of carbonyl (C=O) groups excluding carboxylic acids is 3. The van der Waals surface area contributed by atoms with Crippen molar-refractivity contribution >= 4 is 18.1 Å². The maximum atomic E-state index is 12.4. The van der Waals surface area contributed by atoms with Crippen molar-refractivity contribution in [1.29, 1.82) is 0 Å². The largest absolute Gasteiger partial charge is 0.444 e. The molecule has 0 saturated carbocycles. The highest BCUT2D eigenvalue weighted by Gasteiger charge is 2.41. The summed E-state index contributed by atoms with van der Waals surface area (Å²) < 4.78 is 10.4. The molecule has 1 N–H and O–H groups in total. The molecule has 0 aliphatic carbocycles. The van der Waals surface area contributed by atoms with Crippen LogP contribution in [0.5, 0.6) is 0 Å². The molecule has 130 valence electrons. The normalized spacial score (nSPS) is 17.1. The van der Waals surface area contributed by atoms with Crippen LogP contribution in [0.2, 0.25) is 0 Å². The van der Waals surface area contributed by atoms with E-state index in [4.69, 9.17) is 9.47 Å². The smallest absolute Gasteiger partial charge is 0.420 e. The molecule has 24 heavy (non-hydrogen) atoms. The first-order valence-corrected chi connectivity index (χ1v) is 7.78. The molecule has 7 heteroatoms. The van der Waals surface area contributed by atoms with E-state index in [-0.39, 0.29) is 6.61 Å². The molecular formula is C17H22N2O5. The van der Waals surface area contributed by atoms with Crippen molar-refractivity contribution < 1.29 is 23.9 Å². The number of imide groups is 1. The molecule has 3 amide bonds. The van der Waals surface area contributed by atoms with Gasteiger partial charge in [-0.25, -0.2) is 9.59 Å². The zero-order valence-corrected chi connectivity index (χ0v) is 14.1. The second-order valence-corrected chi connectivity index (χ2v) is 6.49. The third-order valence-corrected chi connectivity index (χ3v) is 3.32. The van der Waals surface area contributed by atoms with E-state index >= 15 is 0 Å². The van der Waals surface area contributed by atoms with Crippen LogP contribution in [0.3, 0.4) is 0 Å². The van der Waals surface area contributed by atoms with Crippen molar-refractivity contribution in [3.63, 3.8) is 0 Å². The van der Waals surface area contributed by atoms with Crippen LogP contribution in [0.25, 0.3) is 0 Å². The molecule has 1 heterocycles. The van der Waals surface area contributed by atoms with Gasteiger partial charge in [-0.1, -0.05) is 30.3 Å². The molecule has 0 spiro atoms. The Bertz CT molecular complexity index is 609. The Morgan fingerprint density at radius 3 is 2.42 bits per heavy atom. The van der Waals surface area contributed by atoms with Gasteiger partial charge in [-0.3, -0.25) is 4.79 Å². The lowest BCUT2D eigenvalue weighted by Crippen LogP contribution is -2.50. The van der Waals surface area contributed by atoms with Gasteiger partial charge in [-0.05, 0) is 32.8 Å². The lowest BCUT2D eigenvalue weighted by Gasteiger charge is -2.28. The monoisotopic (exact) mass is 334 g/mol. The number of rotatable bonds is 3. The Labute approximate surface area is 140 Å². The van der Waals surface area contributed by atoms with Gasteiger partial charge in [0, 0.05) is 6.54 Å². The van der Waals surface area contributed by atoms with Crippen LogP contribution in [-0.2, 0) is 20.9 Å². The maximum Gasteiger partial charge on any atom is 0.420 e. The molecule has 1 aliphatic rings. The Morgan fingerprint density at radius 2 is 1.88 bits per heavy atom. The van der Waals surface area contributed by atoms with Gasteiger partial charge in [0.2, 0.25) is 5.91 Å². The predicted octanol–water partition coefficient (Wildman–Crippen LogP) is 2.45. The van der Waals surface area contributed by atoms with Gasteiger partial charge >= 0.3 is 12.2 Å². The molecule has 1 fully saturated rings. The molecular weight excluding hydrogens is 312 g/mol. The summed E-state index contributed by atoms with van der Waals surface area (Å²) in [5.74, 6) is -0.391. The van der Waals surface area contributed by atoms with Crippen molar-refractivity contribution in [1.82, 2.24) is 10.2 Å². The Morgan fingerprint density at radius 1 is 1.21 bits per heavy atom. The molecule has 0 bridgehead atoms. The van der Waals surface area contributed by atoms with Gasteiger partial charge < -0.3 is 14.8 Å². The lowest BCUT2D eigenvalue weighted by molar-refractivity contribution is -0.123. The summed E-state index contributed by atoms with van der Waals surface area (Å²) in [5.41, 5.74) is -0.00437. The van der Waals surface area contributed by atoms with Gasteiger partial charge in [-0.2, -0.15) is 4.90 Å². The summed E-state index contributed by atoms with van der Waals surface area (Å²) in [7, 11) is 0. The van der Waals surface area contributed by atoms with E-state index in [9.17, 15) is 14.4 Å². The van der Waals surface area contributed by atoms with Gasteiger partial charge in [0.15, 0.2) is 0 Å². The van der Waals surface area contributed by atoms with Crippen LogP contribution in [0.1, 0.15) is 32.8 Å². The summed E-state index contributed by atoms with van der Waals surface area (Å²) in [6.45, 7) is 5.47. The van der Waals surface area contributed by atoms with Crippen LogP contribution in [-0.4, -0.2) is 41.2 Å². The first-order valence-electron chi connectivity index (χ1n) is 7.78. The molecule has 1 aliphatic heterocycles. The zero-order valence-electron chi connectivity index (χ0n) is 14.1.